The number of nitrogens with zero attached hydrogens (tertiary/aromatic N) is 2. The van der Waals surface area contributed by atoms with Gasteiger partial charge in [-0.25, -0.2) is 9.97 Å². The van der Waals surface area contributed by atoms with Gasteiger partial charge in [-0.05, 0) is 13.8 Å². The highest BCUT2D eigenvalue weighted by Gasteiger charge is 2.15. The van der Waals surface area contributed by atoms with Crippen LogP contribution in [0, 0.1) is 13.8 Å². The van der Waals surface area contributed by atoms with E-state index in [1.54, 1.807) is 22.7 Å². The van der Waals surface area contributed by atoms with Crippen LogP contribution in [0.25, 0.3) is 9.75 Å². The number of hydrogen-bond donors (Lipinski definition) is 2. The fourth-order valence-corrected chi connectivity index (χ4v) is 3.50. The molecule has 2 N–H and O–H groups in total. The molecule has 0 aliphatic carbocycles. The summed E-state index contributed by atoms with van der Waals surface area (Å²) in [7, 11) is 3.78. The Morgan fingerprint density at radius 1 is 0.778 bits per heavy atom. The van der Waals surface area contributed by atoms with Crippen LogP contribution in [0.15, 0.2) is 0 Å². The van der Waals surface area contributed by atoms with Crippen LogP contribution in [0.2, 0.25) is 0 Å². The largest absolute Gasteiger partial charge is 0.365 e. The molecule has 0 saturated carbocycles. The predicted octanol–water partition coefficient (Wildman–Crippen LogP) is 3.81. The Balaban J connectivity index is 0.00000144. The SMILES string of the molecule is CNc1nc(C)c(-c2sc(NC)nc2C)s1.Cl.Cl. The van der Waals surface area contributed by atoms with E-state index in [-0.39, 0.29) is 24.8 Å². The van der Waals surface area contributed by atoms with Crippen LogP contribution in [0.4, 0.5) is 10.3 Å². The topological polar surface area (TPSA) is 49.8 Å². The van der Waals surface area contributed by atoms with Gasteiger partial charge < -0.3 is 10.6 Å². The molecule has 0 radical (unpaired) electrons. The molecule has 2 aromatic rings. The molecule has 2 rings (SSSR count). The zero-order chi connectivity index (χ0) is 11.7. The van der Waals surface area contributed by atoms with Crippen molar-refractivity contribution in [3.63, 3.8) is 0 Å². The maximum Gasteiger partial charge on any atom is 0.183 e. The Kier molecular flexibility index (Phi) is 6.91. The van der Waals surface area contributed by atoms with E-state index < -0.39 is 0 Å². The molecule has 0 saturated heterocycles. The van der Waals surface area contributed by atoms with E-state index in [1.807, 2.05) is 27.9 Å². The first-order valence-corrected chi connectivity index (χ1v) is 6.59. The Morgan fingerprint density at radius 2 is 1.11 bits per heavy atom. The van der Waals surface area contributed by atoms with Crippen LogP contribution >= 0.6 is 47.5 Å². The summed E-state index contributed by atoms with van der Waals surface area (Å²) in [4.78, 5) is 11.3. The van der Waals surface area contributed by atoms with Gasteiger partial charge in [0.1, 0.15) is 0 Å². The molecule has 102 valence electrons. The van der Waals surface area contributed by atoms with Gasteiger partial charge in [0.2, 0.25) is 0 Å². The molecule has 0 fully saturated rings. The number of thiazole rings is 2. The van der Waals surface area contributed by atoms with Gasteiger partial charge >= 0.3 is 0 Å². The molecule has 4 nitrogen and oxygen atoms in total. The molecule has 2 heterocycles. The summed E-state index contributed by atoms with van der Waals surface area (Å²) >= 11 is 3.34. The summed E-state index contributed by atoms with van der Waals surface area (Å²) < 4.78 is 0. The minimum atomic E-state index is 0. The lowest BCUT2D eigenvalue weighted by Gasteiger charge is -1.93. The highest BCUT2D eigenvalue weighted by molar-refractivity contribution is 7.25. The van der Waals surface area contributed by atoms with Crippen molar-refractivity contribution in [3.05, 3.63) is 11.4 Å². The molecule has 18 heavy (non-hydrogen) atoms. The fourth-order valence-electron chi connectivity index (χ4n) is 1.43. The predicted molar refractivity (Wildman–Crippen MR) is 86.3 cm³/mol. The zero-order valence-electron chi connectivity index (χ0n) is 10.5. The highest BCUT2D eigenvalue weighted by atomic mass is 35.5. The Bertz CT molecular complexity index is 464. The number of aryl methyl sites for hydroxylation is 2. The maximum atomic E-state index is 4.45. The quantitative estimate of drug-likeness (QED) is 0.900. The van der Waals surface area contributed by atoms with Crippen molar-refractivity contribution in [2.45, 2.75) is 13.8 Å². The van der Waals surface area contributed by atoms with Crippen molar-refractivity contribution in [1.82, 2.24) is 9.97 Å². The molecule has 0 aliphatic heterocycles. The Morgan fingerprint density at radius 3 is 1.33 bits per heavy atom. The molecule has 2 aromatic heterocycles. The molecular formula is C10H16Cl2N4S2. The second-order valence-corrected chi connectivity index (χ2v) is 5.37. The van der Waals surface area contributed by atoms with Crippen molar-refractivity contribution < 1.29 is 0 Å². The first-order valence-electron chi connectivity index (χ1n) is 4.96. The number of halogens is 2. The summed E-state index contributed by atoms with van der Waals surface area (Å²) in [6.45, 7) is 4.07. The van der Waals surface area contributed by atoms with Gasteiger partial charge in [-0.3, -0.25) is 0 Å². The third-order valence-corrected chi connectivity index (χ3v) is 4.74. The average molecular weight is 327 g/mol. The van der Waals surface area contributed by atoms with E-state index in [0.29, 0.717) is 0 Å². The lowest BCUT2D eigenvalue weighted by atomic mass is 10.3. The third kappa shape index (κ3) is 3.26. The molecule has 0 aromatic carbocycles. The molecular weight excluding hydrogens is 311 g/mol. The number of aromatic nitrogens is 2. The molecule has 8 heteroatoms. The number of nitrogens with one attached hydrogen (secondary N) is 2. The molecule has 0 aliphatic rings. The second-order valence-electron chi connectivity index (χ2n) is 3.37. The van der Waals surface area contributed by atoms with Crippen molar-refractivity contribution in [2.75, 3.05) is 24.7 Å². The van der Waals surface area contributed by atoms with Crippen LogP contribution in [0.1, 0.15) is 11.4 Å². The van der Waals surface area contributed by atoms with Crippen LogP contribution < -0.4 is 10.6 Å². The van der Waals surface area contributed by atoms with Crippen molar-refractivity contribution >= 4 is 57.8 Å². The van der Waals surface area contributed by atoms with E-state index in [0.717, 1.165) is 21.7 Å². The smallest absolute Gasteiger partial charge is 0.183 e. The zero-order valence-corrected chi connectivity index (χ0v) is 13.8. The minimum Gasteiger partial charge on any atom is -0.365 e. The summed E-state index contributed by atoms with van der Waals surface area (Å²) in [6, 6.07) is 0. The standard InChI is InChI=1S/C10H14N4S2.2ClH/c1-5-7(15-9(11-3)13-5)8-6(2)14-10(12-4)16-8;;/h1-4H3,(H,11,13)(H,12,14);2*1H. The molecule has 0 unspecified atom stereocenters. The molecule has 0 bridgehead atoms. The number of anilines is 2. The fraction of sp³-hybridized carbons (Fsp3) is 0.400. The van der Waals surface area contributed by atoms with Crippen molar-refractivity contribution in [1.29, 1.82) is 0 Å². The van der Waals surface area contributed by atoms with E-state index in [9.17, 15) is 0 Å². The lowest BCUT2D eigenvalue weighted by Crippen LogP contribution is -1.85. The highest BCUT2D eigenvalue weighted by Crippen LogP contribution is 2.39. The van der Waals surface area contributed by atoms with Gasteiger partial charge in [-0.1, -0.05) is 22.7 Å². The van der Waals surface area contributed by atoms with Gasteiger partial charge in [0.15, 0.2) is 10.3 Å². The number of rotatable bonds is 3. The second kappa shape index (κ2) is 7.13. The molecule has 0 atom stereocenters. The summed E-state index contributed by atoms with van der Waals surface area (Å²) in [6.07, 6.45) is 0. The maximum absolute atomic E-state index is 4.45. The minimum absolute atomic E-state index is 0. The van der Waals surface area contributed by atoms with Crippen molar-refractivity contribution in [2.24, 2.45) is 0 Å². The van der Waals surface area contributed by atoms with Gasteiger partial charge in [0.25, 0.3) is 0 Å². The Hall–Kier alpha value is -0.560. The summed E-state index contributed by atoms with van der Waals surface area (Å²) in [5, 5.41) is 8.05. The first kappa shape index (κ1) is 17.4. The summed E-state index contributed by atoms with van der Waals surface area (Å²) in [5.41, 5.74) is 2.12. The van der Waals surface area contributed by atoms with Crippen molar-refractivity contribution in [3.8, 4) is 9.75 Å². The molecule has 0 spiro atoms. The van der Waals surface area contributed by atoms with E-state index in [2.05, 4.69) is 20.6 Å². The van der Waals surface area contributed by atoms with Gasteiger partial charge in [0, 0.05) is 14.1 Å². The van der Waals surface area contributed by atoms with Crippen LogP contribution in [-0.2, 0) is 0 Å². The monoisotopic (exact) mass is 326 g/mol. The van der Waals surface area contributed by atoms with Crippen LogP contribution in [0.5, 0.6) is 0 Å². The first-order chi connectivity index (χ1) is 7.65. The van der Waals surface area contributed by atoms with Gasteiger partial charge in [-0.15, -0.1) is 24.8 Å². The molecule has 0 amide bonds. The average Bonchev–Trinajstić information content (AvgIpc) is 2.81. The third-order valence-electron chi connectivity index (χ3n) is 2.23. The lowest BCUT2D eigenvalue weighted by molar-refractivity contribution is 1.23. The van der Waals surface area contributed by atoms with E-state index in [4.69, 9.17) is 0 Å². The van der Waals surface area contributed by atoms with Crippen LogP contribution in [0.3, 0.4) is 0 Å². The summed E-state index contributed by atoms with van der Waals surface area (Å²) in [5.74, 6) is 0. The van der Waals surface area contributed by atoms with E-state index in [1.165, 1.54) is 9.75 Å². The van der Waals surface area contributed by atoms with Gasteiger partial charge in [-0.2, -0.15) is 0 Å². The normalized spacial score (nSPS) is 9.33. The number of hydrogen-bond acceptors (Lipinski definition) is 6. The van der Waals surface area contributed by atoms with Gasteiger partial charge in [0.05, 0.1) is 21.1 Å². The van der Waals surface area contributed by atoms with Crippen LogP contribution in [-0.4, -0.2) is 24.1 Å². The van der Waals surface area contributed by atoms with E-state index >= 15 is 0 Å². The Labute approximate surface area is 127 Å².